The second-order valence-corrected chi connectivity index (χ2v) is 8.35. The van der Waals surface area contributed by atoms with Crippen LogP contribution in [0.15, 0.2) is 47.2 Å². The maximum absolute atomic E-state index is 12.9. The lowest BCUT2D eigenvalue weighted by Gasteiger charge is -2.22. The third-order valence-corrected chi connectivity index (χ3v) is 6.18. The lowest BCUT2D eigenvalue weighted by Crippen LogP contribution is -2.37. The van der Waals surface area contributed by atoms with E-state index in [0.29, 0.717) is 11.3 Å². The van der Waals surface area contributed by atoms with Crippen molar-refractivity contribution in [3.63, 3.8) is 0 Å². The van der Waals surface area contributed by atoms with Crippen molar-refractivity contribution in [2.45, 2.75) is 26.1 Å². The minimum atomic E-state index is -4.44. The molecule has 0 aliphatic carbocycles. The van der Waals surface area contributed by atoms with E-state index in [2.05, 4.69) is 4.98 Å². The SMILES string of the molecule is CCOC(=O)CN(Cc1ccc(C(F)(F)F)cc1)C(=O)Cc1csc(-c2cccs2)n1. The number of amides is 1. The largest absolute Gasteiger partial charge is 0.465 e. The number of carbonyl (C=O) groups excluding carboxylic acids is 2. The Kier molecular flexibility index (Phi) is 7.45. The fourth-order valence-electron chi connectivity index (χ4n) is 2.78. The minimum Gasteiger partial charge on any atom is -0.465 e. The fourth-order valence-corrected chi connectivity index (χ4v) is 4.42. The molecule has 0 fully saturated rings. The van der Waals surface area contributed by atoms with Crippen LogP contribution in [0.2, 0.25) is 0 Å². The van der Waals surface area contributed by atoms with Gasteiger partial charge in [-0.05, 0) is 36.1 Å². The van der Waals surface area contributed by atoms with Crippen LogP contribution in [0, 0.1) is 0 Å². The van der Waals surface area contributed by atoms with Crippen molar-refractivity contribution < 1.29 is 27.5 Å². The van der Waals surface area contributed by atoms with Crippen LogP contribution in [-0.4, -0.2) is 34.9 Å². The van der Waals surface area contributed by atoms with Crippen LogP contribution in [0.25, 0.3) is 9.88 Å². The average molecular weight is 469 g/mol. The van der Waals surface area contributed by atoms with Crippen LogP contribution in [0.3, 0.4) is 0 Å². The Labute approximate surface area is 185 Å². The highest BCUT2D eigenvalue weighted by molar-refractivity contribution is 7.20. The molecule has 0 unspecified atom stereocenters. The van der Waals surface area contributed by atoms with Gasteiger partial charge in [-0.2, -0.15) is 13.2 Å². The molecule has 1 amide bonds. The molecule has 0 spiro atoms. The number of alkyl halides is 3. The third kappa shape index (κ3) is 6.38. The van der Waals surface area contributed by atoms with E-state index >= 15 is 0 Å². The van der Waals surface area contributed by atoms with Crippen LogP contribution >= 0.6 is 22.7 Å². The third-order valence-electron chi connectivity index (χ3n) is 4.25. The predicted molar refractivity (Wildman–Crippen MR) is 113 cm³/mol. The molecular formula is C21H19F3N2O3S2. The maximum Gasteiger partial charge on any atom is 0.416 e. The number of thiazole rings is 1. The molecule has 0 atom stereocenters. The Bertz CT molecular complexity index is 1020. The number of ether oxygens (including phenoxy) is 1. The normalized spacial score (nSPS) is 11.4. The molecule has 1 aromatic carbocycles. The van der Waals surface area contributed by atoms with Gasteiger partial charge in [-0.15, -0.1) is 22.7 Å². The average Bonchev–Trinajstić information content (AvgIpc) is 3.39. The van der Waals surface area contributed by atoms with Crippen LogP contribution in [0.1, 0.15) is 23.7 Å². The molecule has 2 aromatic heterocycles. The molecule has 3 aromatic rings. The second kappa shape index (κ2) is 10.1. The van der Waals surface area contributed by atoms with Crippen molar-refractivity contribution in [3.8, 4) is 9.88 Å². The first-order valence-corrected chi connectivity index (χ1v) is 11.1. The molecule has 0 radical (unpaired) electrons. The van der Waals surface area contributed by atoms with Gasteiger partial charge >= 0.3 is 12.1 Å². The monoisotopic (exact) mass is 468 g/mol. The number of benzene rings is 1. The van der Waals surface area contributed by atoms with Gasteiger partial charge in [0.15, 0.2) is 0 Å². The van der Waals surface area contributed by atoms with Crippen LogP contribution in [0.5, 0.6) is 0 Å². The minimum absolute atomic E-state index is 0.0162. The first kappa shape index (κ1) is 23.0. The molecule has 5 nitrogen and oxygen atoms in total. The molecule has 164 valence electrons. The van der Waals surface area contributed by atoms with Gasteiger partial charge in [-0.3, -0.25) is 9.59 Å². The Balaban J connectivity index is 1.73. The molecule has 0 saturated heterocycles. The van der Waals surface area contributed by atoms with Crippen molar-refractivity contribution in [2.75, 3.05) is 13.2 Å². The Hall–Kier alpha value is -2.72. The summed E-state index contributed by atoms with van der Waals surface area (Å²) in [6.45, 7) is 1.51. The number of thiophene rings is 1. The molecule has 0 aliphatic heterocycles. The van der Waals surface area contributed by atoms with E-state index in [1.54, 1.807) is 23.6 Å². The Morgan fingerprint density at radius 3 is 2.48 bits per heavy atom. The standard InChI is InChI=1S/C21H19F3N2O3S2/c1-2-29-19(28)12-26(11-14-5-7-15(8-6-14)21(22,23)24)18(27)10-16-13-31-20(25-16)17-4-3-9-30-17/h3-9,13H,2,10-12H2,1H3. The molecule has 0 saturated carbocycles. The van der Waals surface area contributed by atoms with E-state index in [9.17, 15) is 22.8 Å². The summed E-state index contributed by atoms with van der Waals surface area (Å²) in [6.07, 6.45) is -4.47. The fraction of sp³-hybridized carbons (Fsp3) is 0.286. The molecule has 31 heavy (non-hydrogen) atoms. The summed E-state index contributed by atoms with van der Waals surface area (Å²) >= 11 is 2.97. The zero-order chi connectivity index (χ0) is 22.4. The van der Waals surface area contributed by atoms with Crippen LogP contribution in [0.4, 0.5) is 13.2 Å². The quantitative estimate of drug-likeness (QED) is 0.436. The van der Waals surface area contributed by atoms with E-state index in [-0.39, 0.29) is 32.0 Å². The van der Waals surface area contributed by atoms with E-state index in [1.165, 1.54) is 28.4 Å². The summed E-state index contributed by atoms with van der Waals surface area (Å²) in [4.78, 5) is 31.6. The van der Waals surface area contributed by atoms with Crippen LogP contribution < -0.4 is 0 Å². The Morgan fingerprint density at radius 1 is 1.13 bits per heavy atom. The number of nitrogens with zero attached hydrogens (tertiary/aromatic N) is 2. The molecule has 10 heteroatoms. The van der Waals surface area contributed by atoms with Crippen molar-refractivity contribution in [1.29, 1.82) is 0 Å². The topological polar surface area (TPSA) is 59.5 Å². The lowest BCUT2D eigenvalue weighted by molar-refractivity contribution is -0.149. The van der Waals surface area contributed by atoms with Crippen molar-refractivity contribution in [1.82, 2.24) is 9.88 Å². The Morgan fingerprint density at radius 2 is 1.87 bits per heavy atom. The van der Waals surface area contributed by atoms with Gasteiger partial charge < -0.3 is 9.64 Å². The number of hydrogen-bond donors (Lipinski definition) is 0. The summed E-state index contributed by atoms with van der Waals surface area (Å²) in [7, 11) is 0. The number of hydrogen-bond acceptors (Lipinski definition) is 6. The zero-order valence-electron chi connectivity index (χ0n) is 16.5. The molecule has 0 aliphatic rings. The molecule has 2 heterocycles. The van der Waals surface area contributed by atoms with Gasteiger partial charge in [0.2, 0.25) is 5.91 Å². The van der Waals surface area contributed by atoms with Gasteiger partial charge in [0.05, 0.1) is 29.2 Å². The smallest absolute Gasteiger partial charge is 0.416 e. The van der Waals surface area contributed by atoms with Crippen molar-refractivity contribution >= 4 is 34.6 Å². The predicted octanol–water partition coefficient (Wildman–Crippen LogP) is 5.02. The summed E-state index contributed by atoms with van der Waals surface area (Å²) in [5, 5.41) is 4.53. The molecule has 0 N–H and O–H groups in total. The summed E-state index contributed by atoms with van der Waals surface area (Å²) in [5.41, 5.74) is 0.269. The molecule has 0 bridgehead atoms. The highest BCUT2D eigenvalue weighted by Crippen LogP contribution is 2.30. The second-order valence-electron chi connectivity index (χ2n) is 6.55. The number of aromatic nitrogens is 1. The number of rotatable bonds is 8. The van der Waals surface area contributed by atoms with Gasteiger partial charge in [-0.25, -0.2) is 4.98 Å². The van der Waals surface area contributed by atoms with E-state index in [0.717, 1.165) is 22.0 Å². The van der Waals surface area contributed by atoms with Gasteiger partial charge in [0.1, 0.15) is 11.6 Å². The molecular weight excluding hydrogens is 449 g/mol. The summed E-state index contributed by atoms with van der Waals surface area (Å²) in [5.74, 6) is -0.948. The van der Waals surface area contributed by atoms with E-state index in [1.807, 2.05) is 17.5 Å². The van der Waals surface area contributed by atoms with Gasteiger partial charge in [0.25, 0.3) is 0 Å². The van der Waals surface area contributed by atoms with E-state index < -0.39 is 17.7 Å². The highest BCUT2D eigenvalue weighted by Gasteiger charge is 2.30. The molecule has 3 rings (SSSR count). The van der Waals surface area contributed by atoms with Crippen molar-refractivity contribution in [3.05, 3.63) is 64.0 Å². The number of esters is 1. The number of halogens is 3. The number of carbonyl (C=O) groups is 2. The van der Waals surface area contributed by atoms with E-state index in [4.69, 9.17) is 4.74 Å². The zero-order valence-corrected chi connectivity index (χ0v) is 18.1. The summed E-state index contributed by atoms with van der Waals surface area (Å²) in [6, 6.07) is 8.36. The lowest BCUT2D eigenvalue weighted by atomic mass is 10.1. The first-order chi connectivity index (χ1) is 14.8. The van der Waals surface area contributed by atoms with Gasteiger partial charge in [-0.1, -0.05) is 18.2 Å². The maximum atomic E-state index is 12.9. The first-order valence-electron chi connectivity index (χ1n) is 9.34. The van der Waals surface area contributed by atoms with Crippen molar-refractivity contribution in [2.24, 2.45) is 0 Å². The van der Waals surface area contributed by atoms with Crippen LogP contribution in [-0.2, 0) is 33.5 Å². The summed E-state index contributed by atoms with van der Waals surface area (Å²) < 4.78 is 43.3. The highest BCUT2D eigenvalue weighted by atomic mass is 32.1. The van der Waals surface area contributed by atoms with Gasteiger partial charge in [0, 0.05) is 11.9 Å².